The summed E-state index contributed by atoms with van der Waals surface area (Å²) in [6, 6.07) is 0. The van der Waals surface area contributed by atoms with Crippen molar-refractivity contribution < 1.29 is 19.4 Å². The fraction of sp³-hybridized carbons (Fsp3) is 0.941. The highest BCUT2D eigenvalue weighted by Crippen LogP contribution is 2.14. The van der Waals surface area contributed by atoms with Gasteiger partial charge in [0.15, 0.2) is 0 Å². The summed E-state index contributed by atoms with van der Waals surface area (Å²) in [5.41, 5.74) is 0. The van der Waals surface area contributed by atoms with Crippen LogP contribution < -0.4 is 0 Å². The van der Waals surface area contributed by atoms with Crippen molar-refractivity contribution in [3.63, 3.8) is 0 Å². The zero-order valence-electron chi connectivity index (χ0n) is 26.2. The van der Waals surface area contributed by atoms with Gasteiger partial charge in [-0.05, 0) is 12.8 Å². The van der Waals surface area contributed by atoms with Gasteiger partial charge in [-0.15, -0.1) is 0 Å². The molecule has 4 nitrogen and oxygen atoms in total. The second kappa shape index (κ2) is 35.9. The maximum absolute atomic E-state index is 11.9. The number of rotatable bonds is 29. The molecular formula is C34H68O4. The van der Waals surface area contributed by atoms with Crippen molar-refractivity contribution in [1.29, 1.82) is 0 Å². The predicted octanol–water partition coefficient (Wildman–Crippen LogP) is 11.6. The number of carbonyl (C=O) groups excluding carboxylic acids is 1. The number of carboxylic acid groups (broad SMARTS) is 1. The Kier molecular flexibility index (Phi) is 37.0. The molecule has 0 unspecified atom stereocenters. The van der Waals surface area contributed by atoms with Crippen molar-refractivity contribution in [2.75, 3.05) is 6.61 Å². The Morgan fingerprint density at radius 2 is 0.684 bits per heavy atom. The Balaban J connectivity index is 0. The number of unbranched alkanes of at least 4 members (excludes halogenated alkanes) is 25. The Bertz CT molecular complexity index is 459. The normalized spacial score (nSPS) is 10.7. The summed E-state index contributed by atoms with van der Waals surface area (Å²) < 4.78 is 5.42. The highest BCUT2D eigenvalue weighted by molar-refractivity contribution is 5.69. The highest BCUT2D eigenvalue weighted by Gasteiger charge is 2.02. The Morgan fingerprint density at radius 3 is 0.974 bits per heavy atom. The van der Waals surface area contributed by atoms with Crippen LogP contribution in [0.5, 0.6) is 0 Å². The van der Waals surface area contributed by atoms with E-state index in [0.29, 0.717) is 13.0 Å². The molecule has 0 heterocycles. The number of hydrogen-bond acceptors (Lipinski definition) is 3. The fourth-order valence-electron chi connectivity index (χ4n) is 4.84. The molecule has 4 heteroatoms. The zero-order chi connectivity index (χ0) is 28.4. The lowest BCUT2D eigenvalue weighted by atomic mass is 10.0. The molecule has 0 rings (SSSR count). The highest BCUT2D eigenvalue weighted by atomic mass is 16.5. The van der Waals surface area contributed by atoms with E-state index in [9.17, 15) is 4.79 Å². The molecule has 0 aliphatic heterocycles. The first kappa shape index (κ1) is 39.1. The van der Waals surface area contributed by atoms with E-state index in [1.54, 1.807) is 0 Å². The van der Waals surface area contributed by atoms with E-state index in [0.717, 1.165) is 19.8 Å². The summed E-state index contributed by atoms with van der Waals surface area (Å²) in [7, 11) is 0. The molecule has 0 aromatic rings. The van der Waals surface area contributed by atoms with Gasteiger partial charge in [-0.25, -0.2) is 0 Å². The third-order valence-electron chi connectivity index (χ3n) is 7.25. The third kappa shape index (κ3) is 42.0. The van der Waals surface area contributed by atoms with Crippen LogP contribution in [0.4, 0.5) is 0 Å². The summed E-state index contributed by atoms with van der Waals surface area (Å²) in [6.07, 6.45) is 37.2. The summed E-state index contributed by atoms with van der Waals surface area (Å²) >= 11 is 0. The maximum Gasteiger partial charge on any atom is 0.305 e. The minimum atomic E-state index is -0.833. The van der Waals surface area contributed by atoms with E-state index >= 15 is 0 Å². The van der Waals surface area contributed by atoms with Crippen molar-refractivity contribution in [3.8, 4) is 0 Å². The monoisotopic (exact) mass is 541 g/mol. The fourth-order valence-corrected chi connectivity index (χ4v) is 4.84. The first-order valence-corrected chi connectivity index (χ1v) is 16.9. The topological polar surface area (TPSA) is 63.6 Å². The Labute approximate surface area is 238 Å². The van der Waals surface area contributed by atoms with Crippen molar-refractivity contribution in [2.24, 2.45) is 0 Å². The molecule has 0 saturated heterocycles. The van der Waals surface area contributed by atoms with E-state index in [4.69, 9.17) is 14.6 Å². The number of carbonyl (C=O) groups is 2. The lowest BCUT2D eigenvalue weighted by Crippen LogP contribution is -2.05. The van der Waals surface area contributed by atoms with Crippen LogP contribution in [0.1, 0.15) is 201 Å². The van der Waals surface area contributed by atoms with Gasteiger partial charge in [0.1, 0.15) is 0 Å². The molecular weight excluding hydrogens is 472 g/mol. The van der Waals surface area contributed by atoms with E-state index in [1.165, 1.54) is 161 Å². The number of ether oxygens (including phenoxy) is 1. The van der Waals surface area contributed by atoms with Gasteiger partial charge in [0.2, 0.25) is 0 Å². The van der Waals surface area contributed by atoms with Gasteiger partial charge in [-0.2, -0.15) is 0 Å². The summed E-state index contributed by atoms with van der Waals surface area (Å²) in [6.45, 7) is 6.29. The van der Waals surface area contributed by atoms with Crippen LogP contribution in [-0.2, 0) is 14.3 Å². The molecule has 0 amide bonds. The molecule has 228 valence electrons. The van der Waals surface area contributed by atoms with Gasteiger partial charge in [0, 0.05) is 13.3 Å². The van der Waals surface area contributed by atoms with Crippen molar-refractivity contribution >= 4 is 11.9 Å². The zero-order valence-corrected chi connectivity index (χ0v) is 26.2. The smallest absolute Gasteiger partial charge is 0.305 e. The van der Waals surface area contributed by atoms with Crippen molar-refractivity contribution in [3.05, 3.63) is 0 Å². The minimum absolute atomic E-state index is 0.0257. The number of aliphatic carboxylic acids is 1. The van der Waals surface area contributed by atoms with Gasteiger partial charge in [-0.3, -0.25) is 9.59 Å². The molecule has 0 spiro atoms. The molecule has 0 aromatic heterocycles. The largest absolute Gasteiger partial charge is 0.481 e. The first-order valence-electron chi connectivity index (χ1n) is 16.9. The minimum Gasteiger partial charge on any atom is -0.481 e. The first-order chi connectivity index (χ1) is 18.5. The van der Waals surface area contributed by atoms with Crippen LogP contribution in [0.25, 0.3) is 0 Å². The van der Waals surface area contributed by atoms with Gasteiger partial charge < -0.3 is 9.84 Å². The predicted molar refractivity (Wildman–Crippen MR) is 165 cm³/mol. The Morgan fingerprint density at radius 1 is 0.447 bits per heavy atom. The van der Waals surface area contributed by atoms with E-state index in [-0.39, 0.29) is 5.97 Å². The molecule has 0 atom stereocenters. The summed E-state index contributed by atoms with van der Waals surface area (Å²) in [5, 5.41) is 7.42. The van der Waals surface area contributed by atoms with Crippen molar-refractivity contribution in [2.45, 2.75) is 201 Å². The molecule has 0 bridgehead atoms. The van der Waals surface area contributed by atoms with Crippen LogP contribution in [-0.4, -0.2) is 23.7 Å². The number of carboxylic acids is 1. The second-order valence-corrected chi connectivity index (χ2v) is 11.3. The molecule has 0 fully saturated rings. The SMILES string of the molecule is CC(=O)O.CCCCCCCCCCCCCCCCOC(=O)CCCCCCCCCCCCCCC. The molecule has 1 N–H and O–H groups in total. The van der Waals surface area contributed by atoms with Gasteiger partial charge in [-0.1, -0.05) is 174 Å². The molecule has 0 aliphatic carbocycles. The lowest BCUT2D eigenvalue weighted by molar-refractivity contribution is -0.144. The standard InChI is InChI=1S/C32H64O2.C2H4O2/c1-3-5-7-9-11-13-15-17-19-21-23-25-27-29-31-34-32(33)30-28-26-24-22-20-18-16-14-12-10-8-6-4-2;1-2(3)4/h3-31H2,1-2H3;1H3,(H,3,4). The molecule has 0 aliphatic rings. The van der Waals surface area contributed by atoms with Crippen LogP contribution in [0.2, 0.25) is 0 Å². The summed E-state index contributed by atoms with van der Waals surface area (Å²) in [5.74, 6) is -0.808. The Hall–Kier alpha value is -1.06. The average Bonchev–Trinajstić information content (AvgIpc) is 2.88. The maximum atomic E-state index is 11.9. The summed E-state index contributed by atoms with van der Waals surface area (Å²) in [4.78, 5) is 20.9. The molecule has 0 saturated carbocycles. The van der Waals surface area contributed by atoms with Crippen LogP contribution in [0.3, 0.4) is 0 Å². The molecule has 0 aromatic carbocycles. The van der Waals surface area contributed by atoms with Gasteiger partial charge in [0.25, 0.3) is 5.97 Å². The number of hydrogen-bond donors (Lipinski definition) is 1. The van der Waals surface area contributed by atoms with Crippen LogP contribution in [0, 0.1) is 0 Å². The molecule has 0 radical (unpaired) electrons. The lowest BCUT2D eigenvalue weighted by Gasteiger charge is -2.06. The second-order valence-electron chi connectivity index (χ2n) is 11.3. The van der Waals surface area contributed by atoms with E-state index in [1.807, 2.05) is 0 Å². The van der Waals surface area contributed by atoms with Crippen LogP contribution in [0.15, 0.2) is 0 Å². The molecule has 38 heavy (non-hydrogen) atoms. The number of esters is 1. The van der Waals surface area contributed by atoms with E-state index in [2.05, 4.69) is 13.8 Å². The van der Waals surface area contributed by atoms with Crippen molar-refractivity contribution in [1.82, 2.24) is 0 Å². The average molecular weight is 541 g/mol. The van der Waals surface area contributed by atoms with Gasteiger partial charge >= 0.3 is 5.97 Å². The van der Waals surface area contributed by atoms with E-state index < -0.39 is 5.97 Å². The third-order valence-corrected chi connectivity index (χ3v) is 7.25. The van der Waals surface area contributed by atoms with Crippen LogP contribution >= 0.6 is 0 Å². The quantitative estimate of drug-likeness (QED) is 0.0756. The van der Waals surface area contributed by atoms with Gasteiger partial charge in [0.05, 0.1) is 6.61 Å².